The summed E-state index contributed by atoms with van der Waals surface area (Å²) in [4.78, 5) is 14.6. The summed E-state index contributed by atoms with van der Waals surface area (Å²) in [5, 5.41) is 3.90. The molecule has 1 saturated heterocycles. The van der Waals surface area contributed by atoms with Gasteiger partial charge in [0.1, 0.15) is 12.3 Å². The topological polar surface area (TPSA) is 61.6 Å². The minimum atomic E-state index is 0.0210. The Bertz CT molecular complexity index is 896. The minimum Gasteiger partial charge on any atom is -0.381 e. The highest BCUT2D eigenvalue weighted by atomic mass is 32.1. The van der Waals surface area contributed by atoms with E-state index in [0.29, 0.717) is 37.0 Å². The highest BCUT2D eigenvalue weighted by molar-refractivity contribution is 7.15. The van der Waals surface area contributed by atoms with Gasteiger partial charge in [-0.3, -0.25) is 4.79 Å². The number of Topliss-reactive ketones (excluding diaryl/α,β-unsaturated/α-hetero) is 1. The van der Waals surface area contributed by atoms with Crippen LogP contribution in [0.4, 0.5) is 0 Å². The van der Waals surface area contributed by atoms with E-state index in [1.54, 1.807) is 17.4 Å². The van der Waals surface area contributed by atoms with Crippen LogP contribution in [0.5, 0.6) is 0 Å². The van der Waals surface area contributed by atoms with Crippen LogP contribution in [0.3, 0.4) is 0 Å². The zero-order chi connectivity index (χ0) is 19.2. The molecule has 0 radical (unpaired) electrons. The van der Waals surface area contributed by atoms with E-state index in [1.807, 2.05) is 18.2 Å². The number of thiophene rings is 1. The summed E-state index contributed by atoms with van der Waals surface area (Å²) in [6.07, 6.45) is 2.37. The van der Waals surface area contributed by atoms with Crippen LogP contribution in [0.25, 0.3) is 10.4 Å². The molecular formula is C22H23NO4S. The smallest absolute Gasteiger partial charge is 0.184 e. The number of benzene rings is 1. The van der Waals surface area contributed by atoms with Gasteiger partial charge in [-0.05, 0) is 36.5 Å². The van der Waals surface area contributed by atoms with E-state index >= 15 is 0 Å². The molecular weight excluding hydrogens is 374 g/mol. The molecule has 1 aliphatic heterocycles. The Morgan fingerprint density at radius 1 is 1.18 bits per heavy atom. The van der Waals surface area contributed by atoms with E-state index in [1.165, 1.54) is 10.4 Å². The quantitative estimate of drug-likeness (QED) is 0.469. The fourth-order valence-electron chi connectivity index (χ4n) is 3.25. The highest BCUT2D eigenvalue weighted by Gasteiger charge is 2.19. The Kier molecular flexibility index (Phi) is 6.31. The van der Waals surface area contributed by atoms with E-state index < -0.39 is 0 Å². The fraction of sp³-hybridized carbons (Fsp3) is 0.364. The molecule has 2 aromatic heterocycles. The molecule has 0 saturated carbocycles. The molecule has 1 atom stereocenters. The van der Waals surface area contributed by atoms with E-state index in [2.05, 4.69) is 29.4 Å². The van der Waals surface area contributed by atoms with Crippen LogP contribution in [0, 0.1) is 5.92 Å². The summed E-state index contributed by atoms with van der Waals surface area (Å²) in [6, 6.07) is 16.2. The Morgan fingerprint density at radius 2 is 2.07 bits per heavy atom. The first-order valence-corrected chi connectivity index (χ1v) is 10.4. The Hall–Kier alpha value is -2.28. The van der Waals surface area contributed by atoms with Gasteiger partial charge in [-0.25, -0.2) is 0 Å². The predicted molar refractivity (Wildman–Crippen MR) is 107 cm³/mol. The predicted octanol–water partition coefficient (Wildman–Crippen LogP) is 5.12. The standard InChI is InChI=1S/C22H23NO4S/c24-21(8-6-16-10-11-25-13-16)20-12-18(27-23-20)14-26-15-19-7-9-22(28-19)17-4-2-1-3-5-17/h1-5,7,9,12,16H,6,8,10-11,13-15H2. The molecule has 3 heterocycles. The van der Waals surface area contributed by atoms with E-state index in [9.17, 15) is 4.79 Å². The Morgan fingerprint density at radius 3 is 2.89 bits per heavy atom. The number of carbonyl (C=O) groups excluding carboxylic acids is 1. The molecule has 4 rings (SSSR count). The number of hydrogen-bond donors (Lipinski definition) is 0. The summed E-state index contributed by atoms with van der Waals surface area (Å²) in [5.41, 5.74) is 1.60. The van der Waals surface area contributed by atoms with Crippen molar-refractivity contribution in [1.82, 2.24) is 5.16 Å². The molecule has 5 nitrogen and oxygen atoms in total. The van der Waals surface area contributed by atoms with Crippen LogP contribution < -0.4 is 0 Å². The molecule has 0 N–H and O–H groups in total. The lowest BCUT2D eigenvalue weighted by atomic mass is 10.00. The normalized spacial score (nSPS) is 16.5. The number of nitrogens with zero attached hydrogens (tertiary/aromatic N) is 1. The molecule has 28 heavy (non-hydrogen) atoms. The van der Waals surface area contributed by atoms with Gasteiger partial charge < -0.3 is 14.0 Å². The second kappa shape index (κ2) is 9.28. The van der Waals surface area contributed by atoms with Gasteiger partial charge in [-0.2, -0.15) is 0 Å². The first-order chi connectivity index (χ1) is 13.8. The van der Waals surface area contributed by atoms with Gasteiger partial charge in [0.15, 0.2) is 11.5 Å². The average Bonchev–Trinajstić information content (AvgIpc) is 3.49. The minimum absolute atomic E-state index is 0.0210. The summed E-state index contributed by atoms with van der Waals surface area (Å²) in [6.45, 7) is 2.37. The van der Waals surface area contributed by atoms with E-state index in [0.717, 1.165) is 30.9 Å². The first kappa shape index (κ1) is 19.1. The number of ether oxygens (including phenoxy) is 2. The third-order valence-electron chi connectivity index (χ3n) is 4.86. The van der Waals surface area contributed by atoms with Crippen LogP contribution in [0.2, 0.25) is 0 Å². The van der Waals surface area contributed by atoms with Crippen LogP contribution >= 0.6 is 11.3 Å². The molecule has 6 heteroatoms. The lowest BCUT2D eigenvalue weighted by Crippen LogP contribution is -2.05. The maximum atomic E-state index is 12.2. The van der Waals surface area contributed by atoms with Crippen LogP contribution in [-0.4, -0.2) is 24.2 Å². The number of rotatable bonds is 9. The zero-order valence-electron chi connectivity index (χ0n) is 15.6. The molecule has 0 amide bonds. The maximum absolute atomic E-state index is 12.2. The third kappa shape index (κ3) is 4.95. The zero-order valence-corrected chi connectivity index (χ0v) is 16.5. The van der Waals surface area contributed by atoms with Gasteiger partial charge in [0, 0.05) is 35.5 Å². The van der Waals surface area contributed by atoms with Gasteiger partial charge in [-0.1, -0.05) is 35.5 Å². The summed E-state index contributed by atoms with van der Waals surface area (Å²) in [7, 11) is 0. The van der Waals surface area contributed by atoms with Crippen LogP contribution in [0.1, 0.15) is 40.4 Å². The molecule has 3 aromatic rings. The van der Waals surface area contributed by atoms with Gasteiger partial charge in [0.2, 0.25) is 0 Å². The molecule has 0 spiro atoms. The first-order valence-electron chi connectivity index (χ1n) is 9.56. The van der Waals surface area contributed by atoms with Crippen molar-refractivity contribution in [3.05, 3.63) is 64.9 Å². The highest BCUT2D eigenvalue weighted by Crippen LogP contribution is 2.28. The van der Waals surface area contributed by atoms with Crippen molar-refractivity contribution in [2.75, 3.05) is 13.2 Å². The molecule has 0 aliphatic carbocycles. The molecule has 146 valence electrons. The van der Waals surface area contributed by atoms with Crippen molar-refractivity contribution in [1.29, 1.82) is 0 Å². The van der Waals surface area contributed by atoms with Crippen molar-refractivity contribution in [2.24, 2.45) is 5.92 Å². The van der Waals surface area contributed by atoms with Gasteiger partial charge >= 0.3 is 0 Å². The van der Waals surface area contributed by atoms with Gasteiger partial charge in [0.05, 0.1) is 6.61 Å². The summed E-state index contributed by atoms with van der Waals surface area (Å²) in [5.74, 6) is 1.09. The second-order valence-corrected chi connectivity index (χ2v) is 8.16. The van der Waals surface area contributed by atoms with E-state index in [4.69, 9.17) is 14.0 Å². The number of aromatic nitrogens is 1. The summed E-state index contributed by atoms with van der Waals surface area (Å²) < 4.78 is 16.3. The maximum Gasteiger partial charge on any atom is 0.184 e. The monoisotopic (exact) mass is 397 g/mol. The number of hydrogen-bond acceptors (Lipinski definition) is 6. The van der Waals surface area contributed by atoms with Crippen molar-refractivity contribution in [2.45, 2.75) is 32.5 Å². The molecule has 1 aromatic carbocycles. The SMILES string of the molecule is O=C(CCC1CCOC1)c1cc(COCc2ccc(-c3ccccc3)s2)on1. The largest absolute Gasteiger partial charge is 0.381 e. The molecule has 1 aliphatic rings. The van der Waals surface area contributed by atoms with Crippen molar-refractivity contribution in [3.8, 4) is 10.4 Å². The molecule has 1 unspecified atom stereocenters. The lowest BCUT2D eigenvalue weighted by molar-refractivity contribution is 0.0895. The average molecular weight is 397 g/mol. The third-order valence-corrected chi connectivity index (χ3v) is 5.96. The van der Waals surface area contributed by atoms with E-state index in [-0.39, 0.29) is 5.78 Å². The summed E-state index contributed by atoms with van der Waals surface area (Å²) >= 11 is 1.71. The fourth-order valence-corrected chi connectivity index (χ4v) is 4.20. The van der Waals surface area contributed by atoms with Crippen molar-refractivity contribution in [3.63, 3.8) is 0 Å². The Labute approximate surface area is 168 Å². The van der Waals surface area contributed by atoms with Crippen molar-refractivity contribution >= 4 is 17.1 Å². The van der Waals surface area contributed by atoms with Crippen LogP contribution in [-0.2, 0) is 22.7 Å². The number of ketones is 1. The molecule has 1 fully saturated rings. The van der Waals surface area contributed by atoms with Crippen molar-refractivity contribution < 1.29 is 18.8 Å². The number of carbonyl (C=O) groups is 1. The van der Waals surface area contributed by atoms with Gasteiger partial charge in [-0.15, -0.1) is 11.3 Å². The van der Waals surface area contributed by atoms with Crippen LogP contribution in [0.15, 0.2) is 53.1 Å². The molecule has 0 bridgehead atoms. The van der Waals surface area contributed by atoms with Gasteiger partial charge in [0.25, 0.3) is 0 Å². The second-order valence-electron chi connectivity index (χ2n) is 6.99. The Balaban J connectivity index is 1.23. The lowest BCUT2D eigenvalue weighted by Gasteiger charge is -2.04.